The Bertz CT molecular complexity index is 144. The number of carboxylic acid groups (broad SMARTS) is 1. The number of nitrogens with one attached hydrogen (secondary N) is 1. The summed E-state index contributed by atoms with van der Waals surface area (Å²) < 4.78 is 0. The molecule has 12 heavy (non-hydrogen) atoms. The van der Waals surface area contributed by atoms with Gasteiger partial charge in [0, 0.05) is 0 Å². The molecule has 5 nitrogen and oxygen atoms in total. The minimum absolute atomic E-state index is 0.250. The topological polar surface area (TPSA) is 92.4 Å². The molecule has 0 aromatic heterocycles. The molecule has 4 N–H and O–H groups in total. The second kappa shape index (κ2) is 6.60. The Balaban J connectivity index is 0.000000354. The SMILES string of the molecule is NC=O.O=C(O)C1CCCCN1. The van der Waals surface area contributed by atoms with Crippen LogP contribution in [0.15, 0.2) is 0 Å². The van der Waals surface area contributed by atoms with Crippen molar-refractivity contribution >= 4 is 12.4 Å². The van der Waals surface area contributed by atoms with Gasteiger partial charge in [-0.05, 0) is 19.4 Å². The van der Waals surface area contributed by atoms with E-state index in [9.17, 15) is 4.79 Å². The Morgan fingerprint density at radius 3 is 2.42 bits per heavy atom. The number of primary amides is 1. The van der Waals surface area contributed by atoms with Crippen LogP contribution in [0.4, 0.5) is 0 Å². The fourth-order valence-corrected chi connectivity index (χ4v) is 1.06. The zero-order valence-electron chi connectivity index (χ0n) is 6.82. The third-order valence-corrected chi connectivity index (χ3v) is 1.61. The van der Waals surface area contributed by atoms with E-state index in [0.717, 1.165) is 25.8 Å². The molecule has 0 bridgehead atoms. The van der Waals surface area contributed by atoms with Gasteiger partial charge in [-0.2, -0.15) is 0 Å². The summed E-state index contributed by atoms with van der Waals surface area (Å²) in [6, 6.07) is -0.279. The highest BCUT2D eigenvalue weighted by Gasteiger charge is 2.18. The van der Waals surface area contributed by atoms with Gasteiger partial charge in [0.25, 0.3) is 0 Å². The molecule has 1 saturated heterocycles. The number of aliphatic carboxylic acids is 1. The fraction of sp³-hybridized carbons (Fsp3) is 0.714. The van der Waals surface area contributed by atoms with Crippen LogP contribution in [0.1, 0.15) is 19.3 Å². The summed E-state index contributed by atoms with van der Waals surface area (Å²) in [6.07, 6.45) is 3.20. The van der Waals surface area contributed by atoms with E-state index in [2.05, 4.69) is 11.1 Å². The highest BCUT2D eigenvalue weighted by atomic mass is 16.4. The average molecular weight is 174 g/mol. The van der Waals surface area contributed by atoms with Gasteiger partial charge in [-0.1, -0.05) is 6.42 Å². The van der Waals surface area contributed by atoms with Crippen LogP contribution in [0.5, 0.6) is 0 Å². The van der Waals surface area contributed by atoms with Crippen molar-refractivity contribution < 1.29 is 14.7 Å². The normalized spacial score (nSPS) is 21.8. The van der Waals surface area contributed by atoms with Crippen molar-refractivity contribution in [3.63, 3.8) is 0 Å². The van der Waals surface area contributed by atoms with Crippen LogP contribution < -0.4 is 11.1 Å². The summed E-state index contributed by atoms with van der Waals surface area (Å²) in [7, 11) is 0. The van der Waals surface area contributed by atoms with Crippen molar-refractivity contribution in [2.75, 3.05) is 6.54 Å². The number of amides is 1. The molecule has 1 rings (SSSR count). The van der Waals surface area contributed by atoms with Gasteiger partial charge in [-0.15, -0.1) is 0 Å². The second-order valence-corrected chi connectivity index (χ2v) is 2.48. The van der Waals surface area contributed by atoms with Gasteiger partial charge >= 0.3 is 5.97 Å². The first-order valence-electron chi connectivity index (χ1n) is 3.84. The van der Waals surface area contributed by atoms with E-state index in [4.69, 9.17) is 9.90 Å². The van der Waals surface area contributed by atoms with Crippen molar-refractivity contribution in [3.05, 3.63) is 0 Å². The van der Waals surface area contributed by atoms with E-state index in [1.807, 2.05) is 0 Å². The maximum Gasteiger partial charge on any atom is 0.320 e. The van der Waals surface area contributed by atoms with Crippen LogP contribution in [0.3, 0.4) is 0 Å². The van der Waals surface area contributed by atoms with Gasteiger partial charge in [-0.3, -0.25) is 9.59 Å². The molecule has 0 aromatic rings. The molecule has 1 unspecified atom stereocenters. The highest BCUT2D eigenvalue weighted by molar-refractivity contribution is 5.73. The number of carboxylic acids is 1. The largest absolute Gasteiger partial charge is 0.480 e. The summed E-state index contributed by atoms with van der Waals surface area (Å²) in [5.41, 5.74) is 4.17. The fourth-order valence-electron chi connectivity index (χ4n) is 1.06. The van der Waals surface area contributed by atoms with Crippen molar-refractivity contribution in [2.24, 2.45) is 5.73 Å². The van der Waals surface area contributed by atoms with Gasteiger partial charge in [0.15, 0.2) is 0 Å². The monoisotopic (exact) mass is 174 g/mol. The summed E-state index contributed by atoms with van der Waals surface area (Å²) in [5, 5.41) is 11.4. The van der Waals surface area contributed by atoms with Gasteiger partial charge in [0.05, 0.1) is 0 Å². The van der Waals surface area contributed by atoms with E-state index in [1.165, 1.54) is 0 Å². The lowest BCUT2D eigenvalue weighted by molar-refractivity contribution is -0.140. The number of hydrogen-bond acceptors (Lipinski definition) is 3. The highest BCUT2D eigenvalue weighted by Crippen LogP contribution is 2.05. The molecule has 5 heteroatoms. The van der Waals surface area contributed by atoms with Gasteiger partial charge in [0.2, 0.25) is 6.41 Å². The molecule has 0 spiro atoms. The second-order valence-electron chi connectivity index (χ2n) is 2.48. The van der Waals surface area contributed by atoms with E-state index in [0.29, 0.717) is 0 Å². The van der Waals surface area contributed by atoms with Crippen molar-refractivity contribution in [3.8, 4) is 0 Å². The van der Waals surface area contributed by atoms with E-state index < -0.39 is 5.97 Å². The molecule has 1 aliphatic heterocycles. The molecule has 1 heterocycles. The first-order chi connectivity index (χ1) is 5.72. The number of carbonyl (C=O) groups excluding carboxylic acids is 1. The molecule has 1 amide bonds. The quantitative estimate of drug-likeness (QED) is 0.459. The molecule has 0 saturated carbocycles. The maximum absolute atomic E-state index is 10.3. The zero-order chi connectivity index (χ0) is 9.40. The van der Waals surface area contributed by atoms with Gasteiger partial charge in [0.1, 0.15) is 6.04 Å². The number of nitrogens with two attached hydrogens (primary N) is 1. The Hall–Kier alpha value is -1.10. The van der Waals surface area contributed by atoms with E-state index in [1.54, 1.807) is 0 Å². The molecule has 0 radical (unpaired) electrons. The summed E-state index contributed by atoms with van der Waals surface area (Å²) in [6.45, 7) is 0.858. The zero-order valence-corrected chi connectivity index (χ0v) is 6.82. The molecule has 1 fully saturated rings. The van der Waals surface area contributed by atoms with Crippen molar-refractivity contribution in [1.82, 2.24) is 5.32 Å². The van der Waals surface area contributed by atoms with Crippen molar-refractivity contribution in [2.45, 2.75) is 25.3 Å². The average Bonchev–Trinajstić information content (AvgIpc) is 2.07. The number of carbonyl (C=O) groups is 2. The number of hydrogen-bond donors (Lipinski definition) is 3. The van der Waals surface area contributed by atoms with E-state index in [-0.39, 0.29) is 12.5 Å². The van der Waals surface area contributed by atoms with Crippen LogP contribution in [0.25, 0.3) is 0 Å². The molecule has 0 aliphatic carbocycles. The van der Waals surface area contributed by atoms with Crippen LogP contribution in [-0.2, 0) is 9.59 Å². The summed E-state index contributed by atoms with van der Waals surface area (Å²) in [5.74, 6) is -0.713. The molecule has 70 valence electrons. The molecule has 1 atom stereocenters. The van der Waals surface area contributed by atoms with Crippen LogP contribution >= 0.6 is 0 Å². The Labute approximate surface area is 70.9 Å². The smallest absolute Gasteiger partial charge is 0.320 e. The number of rotatable bonds is 1. The Kier molecular flexibility index (Phi) is 6.00. The molecular formula is C7H14N2O3. The first kappa shape index (κ1) is 10.9. The summed E-state index contributed by atoms with van der Waals surface area (Å²) >= 11 is 0. The van der Waals surface area contributed by atoms with E-state index >= 15 is 0 Å². The van der Waals surface area contributed by atoms with Crippen LogP contribution in [0, 0.1) is 0 Å². The Morgan fingerprint density at radius 1 is 1.58 bits per heavy atom. The minimum Gasteiger partial charge on any atom is -0.480 e. The van der Waals surface area contributed by atoms with Crippen LogP contribution in [0.2, 0.25) is 0 Å². The Morgan fingerprint density at radius 2 is 2.17 bits per heavy atom. The predicted molar refractivity (Wildman–Crippen MR) is 43.5 cm³/mol. The minimum atomic E-state index is -0.713. The molecular weight excluding hydrogens is 160 g/mol. The first-order valence-corrected chi connectivity index (χ1v) is 3.84. The third kappa shape index (κ3) is 4.68. The third-order valence-electron chi connectivity index (χ3n) is 1.61. The maximum atomic E-state index is 10.3. The molecule has 1 aliphatic rings. The van der Waals surface area contributed by atoms with Crippen LogP contribution in [-0.4, -0.2) is 30.1 Å². The standard InChI is InChI=1S/C6H11NO2.CH3NO/c8-6(9)5-3-1-2-4-7-5;2-1-3/h5,7H,1-4H2,(H,8,9);1H,(H2,2,3). The van der Waals surface area contributed by atoms with Crippen molar-refractivity contribution in [1.29, 1.82) is 0 Å². The summed E-state index contributed by atoms with van der Waals surface area (Å²) in [4.78, 5) is 18.9. The lowest BCUT2D eigenvalue weighted by atomic mass is 10.1. The predicted octanol–water partition coefficient (Wildman–Crippen LogP) is -0.685. The van der Waals surface area contributed by atoms with Gasteiger partial charge < -0.3 is 16.2 Å². The molecule has 0 aromatic carbocycles. The lowest BCUT2D eigenvalue weighted by Crippen LogP contribution is -2.40. The van der Waals surface area contributed by atoms with Gasteiger partial charge in [-0.25, -0.2) is 0 Å². The lowest BCUT2D eigenvalue weighted by Gasteiger charge is -2.18. The number of piperidine rings is 1.